The molecule has 0 aliphatic heterocycles. The van der Waals surface area contributed by atoms with Gasteiger partial charge in [0, 0.05) is 11.1 Å². The first-order valence-corrected chi connectivity index (χ1v) is 5.73. The highest BCUT2D eigenvalue weighted by atomic mass is 35.5. The van der Waals surface area contributed by atoms with Gasteiger partial charge in [-0.05, 0) is 24.3 Å². The highest BCUT2D eigenvalue weighted by Gasteiger charge is 2.11. The Labute approximate surface area is 114 Å². The topological polar surface area (TPSA) is 88.1 Å². The Hall–Kier alpha value is -2.40. The summed E-state index contributed by atoms with van der Waals surface area (Å²) in [6.07, 6.45) is 0. The van der Waals surface area contributed by atoms with Crippen LogP contribution in [0.25, 0.3) is 0 Å². The van der Waals surface area contributed by atoms with Gasteiger partial charge < -0.3 is 20.8 Å². The zero-order valence-electron chi connectivity index (χ0n) is 9.75. The number of hydrogen-bond acceptors (Lipinski definition) is 4. The average molecular weight is 279 g/mol. The van der Waals surface area contributed by atoms with E-state index in [1.54, 1.807) is 30.3 Å². The van der Waals surface area contributed by atoms with Crippen LogP contribution in [0.3, 0.4) is 0 Å². The number of amidine groups is 1. The number of para-hydroxylation sites is 1. The first-order chi connectivity index (χ1) is 9.11. The second kappa shape index (κ2) is 5.49. The maximum Gasteiger partial charge on any atom is 0.173 e. The summed E-state index contributed by atoms with van der Waals surface area (Å²) >= 11 is 5.74. The monoisotopic (exact) mass is 278 g/mol. The van der Waals surface area contributed by atoms with Crippen molar-refractivity contribution in [3.8, 4) is 17.2 Å². The maximum atomic E-state index is 9.72. The van der Waals surface area contributed by atoms with Gasteiger partial charge in [0.1, 0.15) is 5.75 Å². The number of benzene rings is 2. The lowest BCUT2D eigenvalue weighted by molar-refractivity contribution is 0.318. The fourth-order valence-corrected chi connectivity index (χ4v) is 1.68. The van der Waals surface area contributed by atoms with Crippen molar-refractivity contribution in [2.45, 2.75) is 0 Å². The number of nitrogens with two attached hydrogens (primary N) is 1. The normalized spacial score (nSPS) is 11.3. The molecule has 0 saturated heterocycles. The average Bonchev–Trinajstić information content (AvgIpc) is 2.41. The Kier molecular flexibility index (Phi) is 3.77. The molecular weight excluding hydrogens is 268 g/mol. The Morgan fingerprint density at radius 2 is 1.89 bits per heavy atom. The zero-order chi connectivity index (χ0) is 13.8. The van der Waals surface area contributed by atoms with Gasteiger partial charge in [0.15, 0.2) is 17.3 Å². The van der Waals surface area contributed by atoms with Crippen LogP contribution in [0.4, 0.5) is 0 Å². The van der Waals surface area contributed by atoms with E-state index < -0.39 is 0 Å². The van der Waals surface area contributed by atoms with Crippen LogP contribution in [-0.4, -0.2) is 16.1 Å². The van der Waals surface area contributed by atoms with Crippen LogP contribution >= 0.6 is 11.6 Å². The lowest BCUT2D eigenvalue weighted by Crippen LogP contribution is -2.14. The number of aromatic hydroxyl groups is 1. The molecule has 6 heteroatoms. The van der Waals surface area contributed by atoms with Gasteiger partial charge in [-0.2, -0.15) is 0 Å². The summed E-state index contributed by atoms with van der Waals surface area (Å²) in [7, 11) is 0. The Bertz CT molecular complexity index is 629. The summed E-state index contributed by atoms with van der Waals surface area (Å²) < 4.78 is 5.54. The Morgan fingerprint density at radius 3 is 2.58 bits per heavy atom. The number of rotatable bonds is 3. The molecule has 0 atom stereocenters. The number of hydrogen-bond donors (Lipinski definition) is 3. The SMILES string of the molecule is N/C(=N\O)c1ccccc1Oc1ccc(Cl)cc1O. The number of halogens is 1. The van der Waals surface area contributed by atoms with Gasteiger partial charge >= 0.3 is 0 Å². The molecule has 0 unspecified atom stereocenters. The van der Waals surface area contributed by atoms with Crippen molar-refractivity contribution >= 4 is 17.4 Å². The summed E-state index contributed by atoms with van der Waals surface area (Å²) in [6, 6.07) is 11.2. The van der Waals surface area contributed by atoms with Crippen LogP contribution in [0.1, 0.15) is 5.56 Å². The number of oxime groups is 1. The van der Waals surface area contributed by atoms with E-state index in [9.17, 15) is 5.11 Å². The minimum atomic E-state index is -0.0955. The van der Waals surface area contributed by atoms with Crippen LogP contribution < -0.4 is 10.5 Å². The van der Waals surface area contributed by atoms with E-state index in [-0.39, 0.29) is 17.3 Å². The summed E-state index contributed by atoms with van der Waals surface area (Å²) in [5.74, 6) is 0.406. The fourth-order valence-electron chi connectivity index (χ4n) is 1.52. The van der Waals surface area contributed by atoms with Crippen LogP contribution in [0.5, 0.6) is 17.2 Å². The number of phenolic OH excluding ortho intramolecular Hbond substituents is 1. The summed E-state index contributed by atoms with van der Waals surface area (Å²) in [5.41, 5.74) is 5.96. The highest BCUT2D eigenvalue weighted by Crippen LogP contribution is 2.34. The van der Waals surface area contributed by atoms with Gasteiger partial charge in [-0.1, -0.05) is 28.9 Å². The molecule has 2 aromatic rings. The highest BCUT2D eigenvalue weighted by molar-refractivity contribution is 6.30. The molecular formula is C13H11ClN2O3. The molecule has 2 rings (SSSR count). The molecule has 2 aromatic carbocycles. The minimum Gasteiger partial charge on any atom is -0.504 e. The molecule has 0 amide bonds. The molecule has 98 valence electrons. The van der Waals surface area contributed by atoms with Crippen molar-refractivity contribution in [1.82, 2.24) is 0 Å². The van der Waals surface area contributed by atoms with E-state index in [4.69, 9.17) is 27.3 Å². The molecule has 4 N–H and O–H groups in total. The summed E-state index contributed by atoms with van der Waals surface area (Å²) in [4.78, 5) is 0. The summed E-state index contributed by atoms with van der Waals surface area (Å²) in [5, 5.41) is 21.8. The number of ether oxygens (including phenoxy) is 1. The molecule has 0 aliphatic rings. The quantitative estimate of drug-likeness (QED) is 0.349. The Balaban J connectivity index is 2.38. The molecule has 0 spiro atoms. The van der Waals surface area contributed by atoms with Crippen LogP contribution in [-0.2, 0) is 0 Å². The lowest BCUT2D eigenvalue weighted by atomic mass is 10.2. The lowest BCUT2D eigenvalue weighted by Gasteiger charge is -2.11. The molecule has 0 radical (unpaired) electrons. The molecule has 0 aliphatic carbocycles. The molecule has 19 heavy (non-hydrogen) atoms. The van der Waals surface area contributed by atoms with Crippen LogP contribution in [0.15, 0.2) is 47.6 Å². The van der Waals surface area contributed by atoms with Gasteiger partial charge in [-0.3, -0.25) is 0 Å². The van der Waals surface area contributed by atoms with Crippen molar-refractivity contribution < 1.29 is 15.1 Å². The van der Waals surface area contributed by atoms with Gasteiger partial charge in [0.05, 0.1) is 5.56 Å². The van der Waals surface area contributed by atoms with Gasteiger partial charge in [-0.15, -0.1) is 0 Å². The van der Waals surface area contributed by atoms with E-state index in [2.05, 4.69) is 5.16 Å². The summed E-state index contributed by atoms with van der Waals surface area (Å²) in [6.45, 7) is 0. The van der Waals surface area contributed by atoms with Gasteiger partial charge in [-0.25, -0.2) is 0 Å². The van der Waals surface area contributed by atoms with E-state index in [1.807, 2.05) is 0 Å². The largest absolute Gasteiger partial charge is 0.504 e. The molecule has 0 aromatic heterocycles. The third-order valence-corrected chi connectivity index (χ3v) is 2.65. The third kappa shape index (κ3) is 2.89. The van der Waals surface area contributed by atoms with Gasteiger partial charge in [0.2, 0.25) is 0 Å². The second-order valence-corrected chi connectivity index (χ2v) is 4.13. The zero-order valence-corrected chi connectivity index (χ0v) is 10.5. The standard InChI is InChI=1S/C13H11ClN2O3/c14-8-5-6-12(10(17)7-8)19-11-4-2-1-3-9(11)13(15)16-18/h1-7,17-18H,(H2,15,16). The second-order valence-electron chi connectivity index (χ2n) is 3.70. The first kappa shape index (κ1) is 13.0. The molecule has 0 saturated carbocycles. The molecule has 0 bridgehead atoms. The van der Waals surface area contributed by atoms with E-state index >= 15 is 0 Å². The van der Waals surface area contributed by atoms with Crippen molar-refractivity contribution in [2.75, 3.05) is 0 Å². The van der Waals surface area contributed by atoms with Gasteiger partial charge in [0.25, 0.3) is 0 Å². The minimum absolute atomic E-state index is 0.0796. The predicted molar refractivity (Wildman–Crippen MR) is 72.1 cm³/mol. The van der Waals surface area contributed by atoms with Crippen LogP contribution in [0.2, 0.25) is 5.02 Å². The fraction of sp³-hybridized carbons (Fsp3) is 0. The molecule has 5 nitrogen and oxygen atoms in total. The van der Waals surface area contributed by atoms with Crippen molar-refractivity contribution in [2.24, 2.45) is 10.9 Å². The van der Waals surface area contributed by atoms with Crippen molar-refractivity contribution in [3.05, 3.63) is 53.1 Å². The molecule has 0 fully saturated rings. The molecule has 0 heterocycles. The van der Waals surface area contributed by atoms with E-state index in [1.165, 1.54) is 12.1 Å². The van der Waals surface area contributed by atoms with E-state index in [0.717, 1.165) is 0 Å². The Morgan fingerprint density at radius 1 is 1.16 bits per heavy atom. The maximum absolute atomic E-state index is 9.72. The number of phenols is 1. The van der Waals surface area contributed by atoms with Crippen molar-refractivity contribution in [3.63, 3.8) is 0 Å². The number of nitrogens with zero attached hydrogens (tertiary/aromatic N) is 1. The first-order valence-electron chi connectivity index (χ1n) is 5.35. The van der Waals surface area contributed by atoms with Crippen molar-refractivity contribution in [1.29, 1.82) is 0 Å². The third-order valence-electron chi connectivity index (χ3n) is 2.41. The smallest absolute Gasteiger partial charge is 0.173 e. The predicted octanol–water partition coefficient (Wildman–Crippen LogP) is 2.93. The van der Waals surface area contributed by atoms with E-state index in [0.29, 0.717) is 16.3 Å². The van der Waals surface area contributed by atoms with Crippen LogP contribution in [0, 0.1) is 0 Å².